The van der Waals surface area contributed by atoms with E-state index in [4.69, 9.17) is 9.47 Å². The number of ether oxygens (including phenoxy) is 2. The maximum absolute atomic E-state index is 5.89. The van der Waals surface area contributed by atoms with Gasteiger partial charge < -0.3 is 14.8 Å². The third kappa shape index (κ3) is 2.99. The van der Waals surface area contributed by atoms with Crippen LogP contribution in [0, 0.1) is 6.92 Å². The highest BCUT2D eigenvalue weighted by Gasteiger charge is 2.27. The van der Waals surface area contributed by atoms with Gasteiger partial charge in [-0.2, -0.15) is 11.8 Å². The fourth-order valence-electron chi connectivity index (χ4n) is 2.34. The van der Waals surface area contributed by atoms with E-state index in [1.54, 1.807) is 7.11 Å². The predicted octanol–water partition coefficient (Wildman–Crippen LogP) is 2.40. The summed E-state index contributed by atoms with van der Waals surface area (Å²) in [5.41, 5.74) is 2.43. The van der Waals surface area contributed by atoms with Crippen molar-refractivity contribution in [3.63, 3.8) is 0 Å². The van der Waals surface area contributed by atoms with Crippen molar-refractivity contribution >= 4 is 11.8 Å². The average molecular weight is 267 g/mol. The van der Waals surface area contributed by atoms with Gasteiger partial charge >= 0.3 is 0 Å². The van der Waals surface area contributed by atoms with Gasteiger partial charge in [0.25, 0.3) is 0 Å². The summed E-state index contributed by atoms with van der Waals surface area (Å²) in [5, 5.41) is 3.37. The molecule has 2 rings (SSSR count). The molecule has 0 bridgehead atoms. The normalized spacial score (nSPS) is 21.6. The van der Waals surface area contributed by atoms with Crippen molar-refractivity contribution in [3.05, 3.63) is 29.3 Å². The summed E-state index contributed by atoms with van der Waals surface area (Å²) in [6, 6.07) is 6.48. The van der Waals surface area contributed by atoms with E-state index in [0.717, 1.165) is 23.9 Å². The molecule has 0 radical (unpaired) electrons. The van der Waals surface area contributed by atoms with Crippen molar-refractivity contribution in [2.45, 2.75) is 19.1 Å². The monoisotopic (exact) mass is 267 g/mol. The lowest BCUT2D eigenvalue weighted by molar-refractivity contribution is 0.0482. The van der Waals surface area contributed by atoms with Crippen LogP contribution < -0.4 is 10.1 Å². The van der Waals surface area contributed by atoms with Crippen LogP contribution in [0.1, 0.15) is 17.2 Å². The highest BCUT2D eigenvalue weighted by Crippen LogP contribution is 2.32. The molecule has 0 amide bonds. The Balaban J connectivity index is 2.27. The molecule has 0 spiro atoms. The zero-order valence-electron chi connectivity index (χ0n) is 11.2. The molecule has 2 unspecified atom stereocenters. The summed E-state index contributed by atoms with van der Waals surface area (Å²) in [6.45, 7) is 2.94. The molecule has 1 aromatic rings. The van der Waals surface area contributed by atoms with E-state index >= 15 is 0 Å². The van der Waals surface area contributed by atoms with Crippen LogP contribution in [0.4, 0.5) is 0 Å². The second kappa shape index (κ2) is 6.45. The zero-order chi connectivity index (χ0) is 13.0. The number of thioether (sulfide) groups is 1. The first-order chi connectivity index (χ1) is 8.76. The van der Waals surface area contributed by atoms with Crippen LogP contribution in [-0.2, 0) is 4.74 Å². The maximum Gasteiger partial charge on any atom is 0.123 e. The number of likely N-dealkylation sites (N-methyl/N-ethyl adjacent to an activating group) is 1. The van der Waals surface area contributed by atoms with E-state index < -0.39 is 0 Å². The van der Waals surface area contributed by atoms with Crippen molar-refractivity contribution in [3.8, 4) is 5.75 Å². The minimum absolute atomic E-state index is 0.188. The van der Waals surface area contributed by atoms with Crippen molar-refractivity contribution in [2.24, 2.45) is 0 Å². The lowest BCUT2D eigenvalue weighted by atomic mass is 9.99. The Morgan fingerprint density at radius 2 is 2.33 bits per heavy atom. The van der Waals surface area contributed by atoms with Gasteiger partial charge in [-0.05, 0) is 20.0 Å². The summed E-state index contributed by atoms with van der Waals surface area (Å²) in [5.74, 6) is 3.06. The highest BCUT2D eigenvalue weighted by molar-refractivity contribution is 7.99. The molecular weight excluding hydrogens is 246 g/mol. The van der Waals surface area contributed by atoms with Gasteiger partial charge in [0.05, 0.1) is 25.9 Å². The first-order valence-corrected chi connectivity index (χ1v) is 7.43. The molecule has 18 heavy (non-hydrogen) atoms. The molecule has 1 N–H and O–H groups in total. The highest BCUT2D eigenvalue weighted by atomic mass is 32.2. The Hall–Kier alpha value is -0.710. The van der Waals surface area contributed by atoms with E-state index in [-0.39, 0.29) is 12.1 Å². The smallest absolute Gasteiger partial charge is 0.123 e. The molecule has 2 atom stereocenters. The van der Waals surface area contributed by atoms with Crippen LogP contribution in [0.2, 0.25) is 0 Å². The summed E-state index contributed by atoms with van der Waals surface area (Å²) in [7, 11) is 3.70. The van der Waals surface area contributed by atoms with E-state index in [1.807, 2.05) is 24.9 Å². The Morgan fingerprint density at radius 3 is 2.94 bits per heavy atom. The van der Waals surface area contributed by atoms with Gasteiger partial charge in [0.1, 0.15) is 5.75 Å². The molecule has 1 aliphatic rings. The number of rotatable bonds is 4. The summed E-state index contributed by atoms with van der Waals surface area (Å²) in [4.78, 5) is 0. The minimum atomic E-state index is 0.188. The van der Waals surface area contributed by atoms with Gasteiger partial charge in [0.15, 0.2) is 0 Å². The van der Waals surface area contributed by atoms with Crippen molar-refractivity contribution < 1.29 is 9.47 Å². The molecule has 1 saturated heterocycles. The van der Waals surface area contributed by atoms with Crippen LogP contribution >= 0.6 is 11.8 Å². The molecule has 3 nitrogen and oxygen atoms in total. The number of hydrogen-bond acceptors (Lipinski definition) is 4. The van der Waals surface area contributed by atoms with Crippen LogP contribution in [0.15, 0.2) is 18.2 Å². The van der Waals surface area contributed by atoms with Crippen LogP contribution in [0.25, 0.3) is 0 Å². The molecular formula is C14H21NO2S. The lowest BCUT2D eigenvalue weighted by Gasteiger charge is -2.31. The van der Waals surface area contributed by atoms with Gasteiger partial charge in [-0.1, -0.05) is 17.7 Å². The Morgan fingerprint density at radius 1 is 1.50 bits per heavy atom. The quantitative estimate of drug-likeness (QED) is 0.907. The summed E-state index contributed by atoms with van der Waals surface area (Å²) >= 11 is 1.95. The standard InChI is InChI=1S/C14H21NO2S/c1-10-4-5-12(16-3)11(8-10)14(15-2)13-9-18-7-6-17-13/h4-5,8,13-15H,6-7,9H2,1-3H3. The van der Waals surface area contributed by atoms with E-state index in [1.165, 1.54) is 11.1 Å². The Kier molecular flexibility index (Phi) is 4.92. The molecule has 0 aliphatic carbocycles. The van der Waals surface area contributed by atoms with Gasteiger partial charge in [-0.3, -0.25) is 0 Å². The topological polar surface area (TPSA) is 30.5 Å². The second-order valence-electron chi connectivity index (χ2n) is 4.50. The van der Waals surface area contributed by atoms with Crippen LogP contribution in [-0.4, -0.2) is 38.4 Å². The number of benzene rings is 1. The molecule has 1 heterocycles. The third-order valence-electron chi connectivity index (χ3n) is 3.24. The number of aryl methyl sites for hydroxylation is 1. The van der Waals surface area contributed by atoms with Gasteiger partial charge in [-0.15, -0.1) is 0 Å². The van der Waals surface area contributed by atoms with Crippen LogP contribution in [0.3, 0.4) is 0 Å². The summed E-state index contributed by atoms with van der Waals surface area (Å²) < 4.78 is 11.4. The first-order valence-electron chi connectivity index (χ1n) is 6.27. The van der Waals surface area contributed by atoms with Crippen molar-refractivity contribution in [1.82, 2.24) is 5.32 Å². The Labute approximate surface area is 113 Å². The van der Waals surface area contributed by atoms with E-state index in [0.29, 0.717) is 0 Å². The fraction of sp³-hybridized carbons (Fsp3) is 0.571. The molecule has 4 heteroatoms. The van der Waals surface area contributed by atoms with Crippen molar-refractivity contribution in [2.75, 3.05) is 32.3 Å². The average Bonchev–Trinajstić information content (AvgIpc) is 2.41. The van der Waals surface area contributed by atoms with Gasteiger partial charge in [-0.25, -0.2) is 0 Å². The fourth-order valence-corrected chi connectivity index (χ4v) is 3.24. The largest absolute Gasteiger partial charge is 0.496 e. The third-order valence-corrected chi connectivity index (χ3v) is 4.26. The lowest BCUT2D eigenvalue weighted by Crippen LogP contribution is -2.36. The predicted molar refractivity (Wildman–Crippen MR) is 76.6 cm³/mol. The zero-order valence-corrected chi connectivity index (χ0v) is 12.0. The summed E-state index contributed by atoms with van der Waals surface area (Å²) in [6.07, 6.45) is 0.212. The SMILES string of the molecule is CNC(c1cc(C)ccc1OC)C1CSCCO1. The molecule has 0 aromatic heterocycles. The van der Waals surface area contributed by atoms with Gasteiger partial charge in [0, 0.05) is 17.1 Å². The number of nitrogens with one attached hydrogen (secondary N) is 1. The number of methoxy groups -OCH3 is 1. The minimum Gasteiger partial charge on any atom is -0.496 e. The van der Waals surface area contributed by atoms with E-state index in [2.05, 4.69) is 24.4 Å². The molecule has 1 fully saturated rings. The number of hydrogen-bond donors (Lipinski definition) is 1. The van der Waals surface area contributed by atoms with Crippen LogP contribution in [0.5, 0.6) is 5.75 Å². The van der Waals surface area contributed by atoms with Gasteiger partial charge in [0.2, 0.25) is 0 Å². The first kappa shape index (κ1) is 13.7. The molecule has 0 saturated carbocycles. The molecule has 100 valence electrons. The van der Waals surface area contributed by atoms with Crippen molar-refractivity contribution in [1.29, 1.82) is 0 Å². The molecule has 1 aromatic carbocycles. The van der Waals surface area contributed by atoms with E-state index in [9.17, 15) is 0 Å². The maximum atomic E-state index is 5.89. The molecule has 1 aliphatic heterocycles. The second-order valence-corrected chi connectivity index (χ2v) is 5.65. The Bertz CT molecular complexity index is 391.